The molecule has 20 heavy (non-hydrogen) atoms. The number of nitrogens with zero attached hydrogens (tertiary/aromatic N) is 2. The first-order valence-electron chi connectivity index (χ1n) is 6.12. The highest BCUT2D eigenvalue weighted by molar-refractivity contribution is 7.87. The molecule has 0 aliphatic heterocycles. The monoisotopic (exact) mass is 307 g/mol. The second-order valence-corrected chi connectivity index (χ2v) is 6.19. The zero-order valence-corrected chi connectivity index (χ0v) is 12.7. The van der Waals surface area contributed by atoms with Crippen LogP contribution >= 0.6 is 0 Å². The van der Waals surface area contributed by atoms with E-state index in [0.717, 1.165) is 4.31 Å². The van der Waals surface area contributed by atoms with Gasteiger partial charge in [-0.15, -0.1) is 0 Å². The van der Waals surface area contributed by atoms with Crippen LogP contribution in [-0.4, -0.2) is 56.6 Å². The maximum Gasteiger partial charge on any atom is 0.322 e. The number of ether oxygens (including phenoxy) is 1. The number of hydrogen-bond acceptors (Lipinski definition) is 5. The smallest absolute Gasteiger partial charge is 0.322 e. The zero-order valence-electron chi connectivity index (χ0n) is 11.9. The van der Waals surface area contributed by atoms with E-state index in [0.29, 0.717) is 0 Å². The van der Waals surface area contributed by atoms with Gasteiger partial charge in [-0.3, -0.25) is 4.79 Å². The van der Waals surface area contributed by atoms with Crippen LogP contribution in [0.3, 0.4) is 0 Å². The summed E-state index contributed by atoms with van der Waals surface area (Å²) in [5.41, 5.74) is 0. The lowest BCUT2D eigenvalue weighted by atomic mass is 10.1. The number of hydrogen-bond donors (Lipinski definition) is 2. The van der Waals surface area contributed by atoms with E-state index < -0.39 is 28.1 Å². The summed E-state index contributed by atoms with van der Waals surface area (Å²) in [4.78, 5) is 11.0. The molecular weight excluding hydrogens is 286 g/mol. The first-order valence-corrected chi connectivity index (χ1v) is 7.56. The summed E-state index contributed by atoms with van der Waals surface area (Å²) in [6, 6.07) is 0.639. The highest BCUT2D eigenvalue weighted by atomic mass is 32.2. The van der Waals surface area contributed by atoms with Gasteiger partial charge in [-0.05, 0) is 5.92 Å². The van der Waals surface area contributed by atoms with E-state index in [1.807, 2.05) is 6.07 Å². The standard InChI is InChI=1S/C11H21N3O5S/c1-9(2)10(11(15)16)13-20(17,18)14(6-4-5-12)7-8-19-3/h9-10,13H,4,6-8H2,1-3H3,(H,15,16)/t10-/m0/s1. The van der Waals surface area contributed by atoms with Crippen molar-refractivity contribution >= 4 is 16.2 Å². The molecule has 2 N–H and O–H groups in total. The number of nitriles is 1. The summed E-state index contributed by atoms with van der Waals surface area (Å²) in [6.07, 6.45) is 0.0179. The van der Waals surface area contributed by atoms with Crippen molar-refractivity contribution in [3.8, 4) is 6.07 Å². The maximum atomic E-state index is 12.1. The minimum absolute atomic E-state index is 0.0143. The van der Waals surface area contributed by atoms with E-state index in [1.165, 1.54) is 7.11 Å². The van der Waals surface area contributed by atoms with Crippen molar-refractivity contribution < 1.29 is 23.1 Å². The van der Waals surface area contributed by atoms with Gasteiger partial charge in [0.15, 0.2) is 0 Å². The van der Waals surface area contributed by atoms with E-state index in [2.05, 4.69) is 4.72 Å². The number of rotatable bonds is 10. The van der Waals surface area contributed by atoms with Gasteiger partial charge in [-0.1, -0.05) is 13.8 Å². The Morgan fingerprint density at radius 3 is 2.45 bits per heavy atom. The topological polar surface area (TPSA) is 120 Å². The minimum Gasteiger partial charge on any atom is -0.480 e. The van der Waals surface area contributed by atoms with Crippen molar-refractivity contribution in [1.82, 2.24) is 9.03 Å². The molecule has 9 heteroatoms. The average Bonchev–Trinajstić information content (AvgIpc) is 2.35. The first-order chi connectivity index (χ1) is 9.26. The highest BCUT2D eigenvalue weighted by Gasteiger charge is 2.30. The zero-order chi connectivity index (χ0) is 15.8. The fourth-order valence-electron chi connectivity index (χ4n) is 1.43. The molecule has 0 aromatic carbocycles. The van der Waals surface area contributed by atoms with Gasteiger partial charge in [-0.2, -0.15) is 22.7 Å². The molecule has 0 radical (unpaired) electrons. The van der Waals surface area contributed by atoms with E-state index in [1.54, 1.807) is 13.8 Å². The Bertz CT molecular complexity index is 443. The van der Waals surface area contributed by atoms with Gasteiger partial charge < -0.3 is 9.84 Å². The number of nitrogens with one attached hydrogen (secondary N) is 1. The van der Waals surface area contributed by atoms with Gasteiger partial charge in [0.1, 0.15) is 6.04 Å². The Morgan fingerprint density at radius 1 is 1.45 bits per heavy atom. The molecule has 1 atom stereocenters. The summed E-state index contributed by atoms with van der Waals surface area (Å²) in [5.74, 6) is -1.64. The predicted molar refractivity (Wildman–Crippen MR) is 72.0 cm³/mol. The van der Waals surface area contributed by atoms with Gasteiger partial charge >= 0.3 is 5.97 Å². The lowest BCUT2D eigenvalue weighted by molar-refractivity contribution is -0.140. The highest BCUT2D eigenvalue weighted by Crippen LogP contribution is 2.07. The van der Waals surface area contributed by atoms with E-state index >= 15 is 0 Å². The Kier molecular flexibility index (Phi) is 8.33. The van der Waals surface area contributed by atoms with E-state index in [9.17, 15) is 13.2 Å². The van der Waals surface area contributed by atoms with Crippen LogP contribution in [0.2, 0.25) is 0 Å². The summed E-state index contributed by atoms with van der Waals surface area (Å²) < 4.78 is 32.3. The second kappa shape index (κ2) is 8.86. The molecule has 0 saturated carbocycles. The number of carboxylic acid groups (broad SMARTS) is 1. The minimum atomic E-state index is -3.98. The SMILES string of the molecule is COCCN(CCC#N)S(=O)(=O)N[C@H](C(=O)O)C(C)C. The quantitative estimate of drug-likeness (QED) is 0.576. The lowest BCUT2D eigenvalue weighted by Gasteiger charge is -2.25. The van der Waals surface area contributed by atoms with Crippen molar-refractivity contribution in [3.05, 3.63) is 0 Å². The fourth-order valence-corrected chi connectivity index (χ4v) is 2.92. The molecule has 0 aliphatic rings. The summed E-state index contributed by atoms with van der Waals surface area (Å²) in [5, 5.41) is 17.6. The summed E-state index contributed by atoms with van der Waals surface area (Å²) in [6.45, 7) is 3.41. The molecule has 0 bridgehead atoms. The van der Waals surface area contributed by atoms with E-state index in [-0.39, 0.29) is 26.1 Å². The van der Waals surface area contributed by atoms with E-state index in [4.69, 9.17) is 15.1 Å². The number of carboxylic acids is 1. The molecule has 0 amide bonds. The molecule has 0 saturated heterocycles. The molecule has 0 unspecified atom stereocenters. The summed E-state index contributed by atoms with van der Waals surface area (Å²) >= 11 is 0. The van der Waals surface area contributed by atoms with Crippen molar-refractivity contribution in [2.45, 2.75) is 26.3 Å². The van der Waals surface area contributed by atoms with Crippen LogP contribution in [0.4, 0.5) is 0 Å². The molecular formula is C11H21N3O5S. The van der Waals surface area contributed by atoms with Crippen molar-refractivity contribution in [1.29, 1.82) is 5.26 Å². The first kappa shape index (κ1) is 18.8. The predicted octanol–water partition coefficient (Wildman–Crippen LogP) is -0.208. The molecule has 0 rings (SSSR count). The molecule has 116 valence electrons. The van der Waals surface area contributed by atoms with Crippen molar-refractivity contribution in [3.63, 3.8) is 0 Å². The van der Waals surface area contributed by atoms with Crippen LogP contribution in [-0.2, 0) is 19.7 Å². The second-order valence-electron chi connectivity index (χ2n) is 4.48. The van der Waals surface area contributed by atoms with Crippen molar-refractivity contribution in [2.24, 2.45) is 5.92 Å². The Balaban J connectivity index is 5.00. The fraction of sp³-hybridized carbons (Fsp3) is 0.818. The molecule has 0 aliphatic carbocycles. The normalized spacial score (nSPS) is 13.4. The maximum absolute atomic E-state index is 12.1. The number of methoxy groups -OCH3 is 1. The van der Waals surface area contributed by atoms with Crippen LogP contribution in [0, 0.1) is 17.2 Å². The van der Waals surface area contributed by atoms with Gasteiger partial charge in [0, 0.05) is 26.6 Å². The summed E-state index contributed by atoms with van der Waals surface area (Å²) in [7, 11) is -2.56. The Labute approximate surface area is 119 Å². The Hall–Kier alpha value is -1.21. The number of aliphatic carboxylic acids is 1. The van der Waals surface area contributed by atoms with Crippen LogP contribution in [0.25, 0.3) is 0 Å². The van der Waals surface area contributed by atoms with Crippen LogP contribution in [0.1, 0.15) is 20.3 Å². The molecule has 8 nitrogen and oxygen atoms in total. The third kappa shape index (κ3) is 6.29. The van der Waals surface area contributed by atoms with Gasteiger partial charge in [0.2, 0.25) is 0 Å². The lowest BCUT2D eigenvalue weighted by Crippen LogP contribution is -2.51. The van der Waals surface area contributed by atoms with Crippen LogP contribution in [0.5, 0.6) is 0 Å². The van der Waals surface area contributed by atoms with Gasteiger partial charge in [-0.25, -0.2) is 0 Å². The largest absolute Gasteiger partial charge is 0.480 e. The molecule has 0 fully saturated rings. The molecule has 0 spiro atoms. The van der Waals surface area contributed by atoms with Crippen LogP contribution < -0.4 is 4.72 Å². The van der Waals surface area contributed by atoms with Crippen molar-refractivity contribution in [2.75, 3.05) is 26.8 Å². The third-order valence-corrected chi connectivity index (χ3v) is 4.16. The molecule has 0 aromatic rings. The molecule has 0 aromatic heterocycles. The Morgan fingerprint density at radius 2 is 2.05 bits per heavy atom. The van der Waals surface area contributed by atoms with Gasteiger partial charge in [0.05, 0.1) is 12.7 Å². The molecule has 0 heterocycles. The third-order valence-electron chi connectivity index (χ3n) is 2.57. The number of carbonyl (C=O) groups is 1. The van der Waals surface area contributed by atoms with Gasteiger partial charge in [0.25, 0.3) is 10.2 Å². The van der Waals surface area contributed by atoms with Crippen LogP contribution in [0.15, 0.2) is 0 Å². The average molecular weight is 307 g/mol.